The van der Waals surface area contributed by atoms with Crippen LogP contribution in [0.4, 0.5) is 0 Å². The molecular weight excluding hydrogens is 204 g/mol. The van der Waals surface area contributed by atoms with Crippen molar-refractivity contribution in [3.63, 3.8) is 0 Å². The first-order valence-corrected chi connectivity index (χ1v) is 5.93. The Balaban J connectivity index is 2.41. The van der Waals surface area contributed by atoms with Crippen molar-refractivity contribution >= 4 is 5.91 Å². The zero-order valence-electron chi connectivity index (χ0n) is 10.6. The van der Waals surface area contributed by atoms with Gasteiger partial charge in [0.05, 0.1) is 12.1 Å². The van der Waals surface area contributed by atoms with Crippen LogP contribution in [0.25, 0.3) is 0 Å². The first-order chi connectivity index (χ1) is 7.43. The Kier molecular flexibility index (Phi) is 4.33. The van der Waals surface area contributed by atoms with Gasteiger partial charge >= 0.3 is 0 Å². The Hall–Kier alpha value is -0.610. The quantitative estimate of drug-likeness (QED) is 0.714. The second-order valence-electron chi connectivity index (χ2n) is 5.60. The molecule has 0 heterocycles. The van der Waals surface area contributed by atoms with E-state index in [1.807, 2.05) is 13.8 Å². The number of hydrogen-bond donors (Lipinski definition) is 2. The predicted molar refractivity (Wildman–Crippen MR) is 64.1 cm³/mol. The molecule has 0 bridgehead atoms. The molecule has 16 heavy (non-hydrogen) atoms. The van der Waals surface area contributed by atoms with Gasteiger partial charge in [-0.25, -0.2) is 0 Å². The summed E-state index contributed by atoms with van der Waals surface area (Å²) >= 11 is 0. The maximum atomic E-state index is 11.9. The topological polar surface area (TPSA) is 64.3 Å². The third-order valence-electron chi connectivity index (χ3n) is 3.37. The molecule has 4 heteroatoms. The van der Waals surface area contributed by atoms with Crippen molar-refractivity contribution in [1.82, 2.24) is 5.32 Å². The second-order valence-corrected chi connectivity index (χ2v) is 5.60. The molecule has 0 aromatic heterocycles. The zero-order chi connectivity index (χ0) is 12.2. The first kappa shape index (κ1) is 13.5. The van der Waals surface area contributed by atoms with Crippen LogP contribution >= 0.6 is 0 Å². The molecule has 4 nitrogen and oxygen atoms in total. The van der Waals surface area contributed by atoms with Crippen LogP contribution in [0.3, 0.4) is 0 Å². The zero-order valence-corrected chi connectivity index (χ0v) is 10.6. The number of methoxy groups -OCH3 is 1. The summed E-state index contributed by atoms with van der Waals surface area (Å²) in [5, 5.41) is 3.00. The molecule has 0 aromatic carbocycles. The van der Waals surface area contributed by atoms with Crippen LogP contribution in [0.15, 0.2) is 0 Å². The highest BCUT2D eigenvalue weighted by Crippen LogP contribution is 2.42. The van der Waals surface area contributed by atoms with E-state index in [1.54, 1.807) is 7.11 Å². The minimum Gasteiger partial charge on any atom is -0.382 e. The van der Waals surface area contributed by atoms with Crippen LogP contribution in [0, 0.1) is 5.41 Å². The number of amides is 1. The fourth-order valence-corrected chi connectivity index (χ4v) is 2.29. The van der Waals surface area contributed by atoms with E-state index in [9.17, 15) is 4.79 Å². The number of ether oxygens (including phenoxy) is 1. The average molecular weight is 228 g/mol. The Morgan fingerprint density at radius 3 is 2.50 bits per heavy atom. The minimum absolute atomic E-state index is 0.0766. The standard InChI is InChI=1S/C12H24N2O2/c1-11(2,9-16-3)14-10(15)7-12(8-13)5-4-6-12/h4-9,13H2,1-3H3,(H,14,15). The monoisotopic (exact) mass is 228 g/mol. The predicted octanol–water partition coefficient (Wildman–Crippen LogP) is 1.05. The molecule has 0 aliphatic heterocycles. The number of nitrogens with two attached hydrogens (primary N) is 1. The number of hydrogen-bond acceptors (Lipinski definition) is 3. The molecule has 0 radical (unpaired) electrons. The van der Waals surface area contributed by atoms with Gasteiger partial charge in [-0.1, -0.05) is 6.42 Å². The van der Waals surface area contributed by atoms with Gasteiger partial charge in [0.15, 0.2) is 0 Å². The summed E-state index contributed by atoms with van der Waals surface area (Å²) in [5.41, 5.74) is 5.51. The molecule has 1 aliphatic rings. The average Bonchev–Trinajstić information content (AvgIpc) is 2.10. The highest BCUT2D eigenvalue weighted by molar-refractivity contribution is 5.77. The summed E-state index contributed by atoms with van der Waals surface area (Å²) < 4.78 is 5.06. The smallest absolute Gasteiger partial charge is 0.221 e. The van der Waals surface area contributed by atoms with Gasteiger partial charge in [0.1, 0.15) is 0 Å². The van der Waals surface area contributed by atoms with E-state index in [-0.39, 0.29) is 16.9 Å². The van der Waals surface area contributed by atoms with Crippen LogP contribution in [0.5, 0.6) is 0 Å². The van der Waals surface area contributed by atoms with Crippen LogP contribution in [0.2, 0.25) is 0 Å². The molecule has 0 saturated heterocycles. The van der Waals surface area contributed by atoms with E-state index in [1.165, 1.54) is 6.42 Å². The van der Waals surface area contributed by atoms with Gasteiger partial charge in [0.25, 0.3) is 0 Å². The van der Waals surface area contributed by atoms with Crippen molar-refractivity contribution in [2.45, 2.75) is 45.1 Å². The molecule has 1 amide bonds. The van der Waals surface area contributed by atoms with E-state index < -0.39 is 0 Å². The summed E-state index contributed by atoms with van der Waals surface area (Å²) in [5.74, 6) is 0.0900. The number of rotatable bonds is 6. The number of carbonyl (C=O) groups excluding carboxylic acids is 1. The number of nitrogens with one attached hydrogen (secondary N) is 1. The molecule has 1 saturated carbocycles. The third-order valence-corrected chi connectivity index (χ3v) is 3.37. The molecule has 1 fully saturated rings. The number of carbonyl (C=O) groups is 1. The summed E-state index contributed by atoms with van der Waals surface area (Å²) in [6.45, 7) is 5.06. The molecule has 0 spiro atoms. The Morgan fingerprint density at radius 2 is 2.12 bits per heavy atom. The second kappa shape index (κ2) is 5.15. The maximum Gasteiger partial charge on any atom is 0.221 e. The molecule has 0 aromatic rings. The summed E-state index contributed by atoms with van der Waals surface area (Å²) in [7, 11) is 1.64. The molecule has 1 rings (SSSR count). The molecule has 94 valence electrons. The lowest BCUT2D eigenvalue weighted by Gasteiger charge is -2.41. The van der Waals surface area contributed by atoms with Crippen molar-refractivity contribution in [3.8, 4) is 0 Å². The van der Waals surface area contributed by atoms with Gasteiger partial charge < -0.3 is 15.8 Å². The molecular formula is C12H24N2O2. The molecule has 3 N–H and O–H groups in total. The van der Waals surface area contributed by atoms with Crippen molar-refractivity contribution in [3.05, 3.63) is 0 Å². The lowest BCUT2D eigenvalue weighted by atomic mass is 9.66. The lowest BCUT2D eigenvalue weighted by molar-refractivity contribution is -0.127. The fraction of sp³-hybridized carbons (Fsp3) is 0.917. The summed E-state index contributed by atoms with van der Waals surface area (Å²) in [6.07, 6.45) is 3.92. The van der Waals surface area contributed by atoms with Gasteiger partial charge in [0.2, 0.25) is 5.91 Å². The van der Waals surface area contributed by atoms with Crippen LogP contribution in [0.1, 0.15) is 39.5 Å². The van der Waals surface area contributed by atoms with E-state index in [0.717, 1.165) is 12.8 Å². The van der Waals surface area contributed by atoms with Crippen LogP contribution in [-0.2, 0) is 9.53 Å². The van der Waals surface area contributed by atoms with Crippen molar-refractivity contribution in [2.75, 3.05) is 20.3 Å². The minimum atomic E-state index is -0.300. The largest absolute Gasteiger partial charge is 0.382 e. The van der Waals surface area contributed by atoms with Crippen molar-refractivity contribution in [2.24, 2.45) is 11.1 Å². The highest BCUT2D eigenvalue weighted by atomic mass is 16.5. The van der Waals surface area contributed by atoms with E-state index in [2.05, 4.69) is 5.32 Å². The van der Waals surface area contributed by atoms with Gasteiger partial charge in [-0.2, -0.15) is 0 Å². The Morgan fingerprint density at radius 1 is 1.50 bits per heavy atom. The van der Waals surface area contributed by atoms with Gasteiger partial charge in [-0.05, 0) is 38.6 Å². The van der Waals surface area contributed by atoms with E-state index >= 15 is 0 Å². The summed E-state index contributed by atoms with van der Waals surface area (Å²) in [6, 6.07) is 0. The van der Waals surface area contributed by atoms with Crippen LogP contribution in [-0.4, -0.2) is 31.7 Å². The lowest BCUT2D eigenvalue weighted by Crippen LogP contribution is -2.50. The van der Waals surface area contributed by atoms with Gasteiger partial charge in [-0.15, -0.1) is 0 Å². The van der Waals surface area contributed by atoms with Crippen molar-refractivity contribution in [1.29, 1.82) is 0 Å². The molecule has 1 aliphatic carbocycles. The Labute approximate surface area is 97.9 Å². The first-order valence-electron chi connectivity index (χ1n) is 5.93. The molecule has 0 atom stereocenters. The van der Waals surface area contributed by atoms with E-state index in [4.69, 9.17) is 10.5 Å². The Bertz CT molecular complexity index is 242. The molecule has 0 unspecified atom stereocenters. The summed E-state index contributed by atoms with van der Waals surface area (Å²) in [4.78, 5) is 11.9. The highest BCUT2D eigenvalue weighted by Gasteiger charge is 2.38. The van der Waals surface area contributed by atoms with E-state index in [0.29, 0.717) is 19.6 Å². The fourth-order valence-electron chi connectivity index (χ4n) is 2.29. The maximum absolute atomic E-state index is 11.9. The van der Waals surface area contributed by atoms with Gasteiger partial charge in [0, 0.05) is 13.5 Å². The SMILES string of the molecule is COCC(C)(C)NC(=O)CC1(CN)CCC1. The third kappa shape index (κ3) is 3.46. The van der Waals surface area contributed by atoms with Crippen LogP contribution < -0.4 is 11.1 Å². The normalized spacial score (nSPS) is 19.0. The van der Waals surface area contributed by atoms with Crippen molar-refractivity contribution < 1.29 is 9.53 Å². The van der Waals surface area contributed by atoms with Gasteiger partial charge in [-0.3, -0.25) is 4.79 Å².